The predicted octanol–water partition coefficient (Wildman–Crippen LogP) is 5.10. The summed E-state index contributed by atoms with van der Waals surface area (Å²) in [5.74, 6) is 1.17. The van der Waals surface area contributed by atoms with E-state index < -0.39 is 0 Å². The van der Waals surface area contributed by atoms with Gasteiger partial charge < -0.3 is 14.7 Å². The van der Waals surface area contributed by atoms with Crippen LogP contribution in [0, 0.1) is 0 Å². The van der Waals surface area contributed by atoms with Crippen molar-refractivity contribution in [2.24, 2.45) is 0 Å². The van der Waals surface area contributed by atoms with Crippen molar-refractivity contribution < 1.29 is 14.6 Å². The van der Waals surface area contributed by atoms with Gasteiger partial charge in [0.25, 0.3) is 0 Å². The number of fused-ring (bicyclic) bond motifs is 1. The number of aliphatic hydroxyl groups excluding tert-OH is 1. The number of carbonyl (C=O) groups is 1. The number of hydrogen-bond donors (Lipinski definition) is 1. The Hall–Kier alpha value is -2.34. The summed E-state index contributed by atoms with van der Waals surface area (Å²) in [7, 11) is 0. The van der Waals surface area contributed by atoms with Gasteiger partial charge in [-0.2, -0.15) is 5.10 Å². The van der Waals surface area contributed by atoms with Crippen LogP contribution in [0.5, 0.6) is 0 Å². The Bertz CT molecular complexity index is 923. The van der Waals surface area contributed by atoms with Crippen LogP contribution >= 0.6 is 0 Å². The maximum atomic E-state index is 12.7. The number of allylic oxidation sites excluding steroid dienone is 2. The van der Waals surface area contributed by atoms with E-state index in [0.29, 0.717) is 31.2 Å². The average Bonchev–Trinajstić information content (AvgIpc) is 3.31. The maximum absolute atomic E-state index is 12.7. The Labute approximate surface area is 178 Å². The Morgan fingerprint density at radius 1 is 1.30 bits per heavy atom. The number of amides is 1. The van der Waals surface area contributed by atoms with Crippen molar-refractivity contribution >= 4 is 17.0 Å². The Kier molecular flexibility index (Phi) is 6.42. The predicted molar refractivity (Wildman–Crippen MR) is 117 cm³/mol. The van der Waals surface area contributed by atoms with Gasteiger partial charge in [0.05, 0.1) is 11.2 Å². The summed E-state index contributed by atoms with van der Waals surface area (Å²) < 4.78 is 7.52. The molecule has 1 aromatic heterocycles. The molecule has 0 unspecified atom stereocenters. The van der Waals surface area contributed by atoms with Gasteiger partial charge in [-0.15, -0.1) is 0 Å². The summed E-state index contributed by atoms with van der Waals surface area (Å²) in [6, 6.07) is 6.74. The molecule has 0 radical (unpaired) electrons. The fraction of sp³-hybridized carbons (Fsp3) is 0.583. The van der Waals surface area contributed by atoms with E-state index in [-0.39, 0.29) is 18.7 Å². The number of carbonyl (C=O) groups excluding carboxylic acids is 1. The second kappa shape index (κ2) is 9.21. The van der Waals surface area contributed by atoms with Crippen molar-refractivity contribution in [1.29, 1.82) is 0 Å². The van der Waals surface area contributed by atoms with Crippen molar-refractivity contribution in [3.8, 4) is 0 Å². The highest BCUT2D eigenvalue weighted by molar-refractivity contribution is 5.83. The van der Waals surface area contributed by atoms with Crippen LogP contribution in [0.15, 0.2) is 30.0 Å². The molecule has 162 valence electrons. The van der Waals surface area contributed by atoms with Gasteiger partial charge in [-0.05, 0) is 63.7 Å². The lowest BCUT2D eigenvalue weighted by atomic mass is 10.00. The largest absolute Gasteiger partial charge is 0.415 e. The zero-order valence-corrected chi connectivity index (χ0v) is 18.1. The van der Waals surface area contributed by atoms with E-state index in [4.69, 9.17) is 9.84 Å². The van der Waals surface area contributed by atoms with Gasteiger partial charge in [0, 0.05) is 37.0 Å². The van der Waals surface area contributed by atoms with Crippen molar-refractivity contribution in [3.63, 3.8) is 0 Å². The lowest BCUT2D eigenvalue weighted by Gasteiger charge is -2.22. The van der Waals surface area contributed by atoms with E-state index >= 15 is 0 Å². The molecule has 2 aromatic rings. The Morgan fingerprint density at radius 2 is 2.07 bits per heavy atom. The number of aromatic nitrogens is 2. The fourth-order valence-electron chi connectivity index (χ4n) is 4.42. The smallest absolute Gasteiger partial charge is 0.415 e. The van der Waals surface area contributed by atoms with Crippen LogP contribution in [0.2, 0.25) is 0 Å². The van der Waals surface area contributed by atoms with E-state index in [9.17, 15) is 9.90 Å². The molecule has 2 fully saturated rings. The Morgan fingerprint density at radius 3 is 2.73 bits per heavy atom. The molecule has 6 nitrogen and oxygen atoms in total. The van der Waals surface area contributed by atoms with Crippen molar-refractivity contribution in [3.05, 3.63) is 41.3 Å². The van der Waals surface area contributed by atoms with Crippen molar-refractivity contribution in [2.75, 3.05) is 6.61 Å². The first kappa shape index (κ1) is 20.9. The van der Waals surface area contributed by atoms with Crippen LogP contribution in [0.4, 0.5) is 4.79 Å². The van der Waals surface area contributed by atoms with E-state index in [2.05, 4.69) is 18.2 Å². The normalized spacial score (nSPS) is 17.6. The molecule has 0 bridgehead atoms. The number of hydrogen-bond acceptors (Lipinski definition) is 4. The lowest BCUT2D eigenvalue weighted by Crippen LogP contribution is -2.32. The highest BCUT2D eigenvalue weighted by Crippen LogP contribution is 2.37. The molecule has 0 atom stereocenters. The molecule has 6 heteroatoms. The topological polar surface area (TPSA) is 67.6 Å². The number of nitrogens with zero attached hydrogens (tertiary/aromatic N) is 3. The van der Waals surface area contributed by atoms with Gasteiger partial charge >= 0.3 is 6.09 Å². The number of ether oxygens (including phenoxy) is 1. The summed E-state index contributed by atoms with van der Waals surface area (Å²) in [4.78, 5) is 14.5. The summed E-state index contributed by atoms with van der Waals surface area (Å²) in [6.45, 7) is 5.08. The van der Waals surface area contributed by atoms with E-state index in [1.165, 1.54) is 36.8 Å². The molecule has 30 heavy (non-hydrogen) atoms. The second-order valence-electron chi connectivity index (χ2n) is 8.64. The van der Waals surface area contributed by atoms with E-state index in [0.717, 1.165) is 23.9 Å². The number of benzene rings is 1. The first-order chi connectivity index (χ1) is 14.6. The third-order valence-corrected chi connectivity index (χ3v) is 6.34. The number of aliphatic hydroxyl groups is 1. The first-order valence-corrected chi connectivity index (χ1v) is 11.3. The van der Waals surface area contributed by atoms with E-state index in [1.54, 1.807) is 13.0 Å². The highest BCUT2D eigenvalue weighted by atomic mass is 16.6. The number of aryl methyl sites for hydroxylation is 1. The molecule has 1 N–H and O–H groups in total. The fourth-order valence-corrected chi connectivity index (χ4v) is 4.42. The summed E-state index contributed by atoms with van der Waals surface area (Å²) in [6.07, 6.45) is 9.26. The molecule has 0 saturated heterocycles. The van der Waals surface area contributed by atoms with Gasteiger partial charge in [-0.3, -0.25) is 4.68 Å². The second-order valence-corrected chi connectivity index (χ2v) is 8.64. The Balaban J connectivity index is 1.61. The van der Waals surface area contributed by atoms with Crippen LogP contribution in [0.25, 0.3) is 10.9 Å². The van der Waals surface area contributed by atoms with Gasteiger partial charge in [-0.1, -0.05) is 25.0 Å². The first-order valence-electron chi connectivity index (χ1n) is 11.3. The molecule has 0 spiro atoms. The summed E-state index contributed by atoms with van der Waals surface area (Å²) >= 11 is 0. The molecule has 1 amide bonds. The summed E-state index contributed by atoms with van der Waals surface area (Å²) in [5.41, 5.74) is 3.40. The molecule has 4 rings (SSSR count). The van der Waals surface area contributed by atoms with Gasteiger partial charge in [-0.25, -0.2) is 4.79 Å². The minimum absolute atomic E-state index is 0.158. The molecular weight excluding hydrogens is 378 g/mol. The maximum Gasteiger partial charge on any atom is 0.415 e. The third kappa shape index (κ3) is 4.53. The van der Waals surface area contributed by atoms with Crippen molar-refractivity contribution in [1.82, 2.24) is 14.7 Å². The van der Waals surface area contributed by atoms with Crippen molar-refractivity contribution in [2.45, 2.75) is 83.8 Å². The SMILES string of the molecule is C/C=C(/C)OC(=O)N(Cc1ccc2c(C3CCCC3)nn(CCCO)c2c1)C1CC1. The minimum atomic E-state index is -0.270. The quantitative estimate of drug-likeness (QED) is 0.614. The van der Waals surface area contributed by atoms with Gasteiger partial charge in [0.15, 0.2) is 0 Å². The monoisotopic (exact) mass is 411 g/mol. The third-order valence-electron chi connectivity index (χ3n) is 6.34. The molecular formula is C24H33N3O3. The van der Waals surface area contributed by atoms with Gasteiger partial charge in [0.2, 0.25) is 0 Å². The molecule has 1 aromatic carbocycles. The zero-order valence-electron chi connectivity index (χ0n) is 18.1. The molecule has 1 heterocycles. The molecule has 0 aliphatic heterocycles. The standard InChI is InChI=1S/C24H33N3O3/c1-3-17(2)30-24(29)26(20-10-11-20)16-18-9-12-21-22(15-18)27(13-6-14-28)25-23(21)19-7-4-5-8-19/h3,9,12,15,19-20,28H,4-8,10-11,13-14,16H2,1-2H3/b17-3-. The zero-order chi connectivity index (χ0) is 21.1. The molecule has 2 aliphatic carbocycles. The van der Waals surface area contributed by atoms with Crippen LogP contribution < -0.4 is 0 Å². The van der Waals surface area contributed by atoms with Crippen LogP contribution in [-0.4, -0.2) is 38.5 Å². The minimum Gasteiger partial charge on any atom is -0.415 e. The van der Waals surface area contributed by atoms with Crippen LogP contribution in [0.1, 0.15) is 76.0 Å². The molecule has 2 saturated carbocycles. The van der Waals surface area contributed by atoms with E-state index in [1.807, 2.05) is 16.5 Å². The summed E-state index contributed by atoms with van der Waals surface area (Å²) in [5, 5.41) is 15.5. The van der Waals surface area contributed by atoms with Crippen LogP contribution in [0.3, 0.4) is 0 Å². The number of rotatable bonds is 8. The highest BCUT2D eigenvalue weighted by Gasteiger charge is 2.34. The molecule has 2 aliphatic rings. The van der Waals surface area contributed by atoms with Gasteiger partial charge in [0.1, 0.15) is 5.76 Å². The lowest BCUT2D eigenvalue weighted by molar-refractivity contribution is 0.122. The van der Waals surface area contributed by atoms with Crippen LogP contribution in [-0.2, 0) is 17.8 Å². The average molecular weight is 412 g/mol.